The maximum Gasteiger partial charge on any atom is 0.327 e. The molecule has 2 atom stereocenters. The van der Waals surface area contributed by atoms with Crippen LogP contribution in [0.25, 0.3) is 0 Å². The van der Waals surface area contributed by atoms with Crippen LogP contribution in [0.4, 0.5) is 4.79 Å². The van der Waals surface area contributed by atoms with Crippen molar-refractivity contribution >= 4 is 23.8 Å². The normalized spacial score (nSPS) is 27.6. The number of methoxy groups -OCH3 is 1. The largest absolute Gasteiger partial charge is 0.480 e. The van der Waals surface area contributed by atoms with E-state index in [1.807, 2.05) is 0 Å². The summed E-state index contributed by atoms with van der Waals surface area (Å²) in [6.45, 7) is 2.54. The maximum atomic E-state index is 12.4. The van der Waals surface area contributed by atoms with Gasteiger partial charge in [-0.3, -0.25) is 0 Å². The highest BCUT2D eigenvalue weighted by molar-refractivity contribution is 7.99. The summed E-state index contributed by atoms with van der Waals surface area (Å²) in [5, 5.41) is 9.19. The minimum absolute atomic E-state index is 0.133. The summed E-state index contributed by atoms with van der Waals surface area (Å²) >= 11 is 1.59. The zero-order chi connectivity index (χ0) is 13.8. The molecule has 108 valence electrons. The fraction of sp³-hybridized carbons (Fsp3) is 0.833. The number of nitrogens with zero attached hydrogens (tertiary/aromatic N) is 2. The lowest BCUT2D eigenvalue weighted by molar-refractivity contribution is -0.141. The van der Waals surface area contributed by atoms with E-state index in [1.54, 1.807) is 23.8 Å². The van der Waals surface area contributed by atoms with Crippen molar-refractivity contribution in [2.24, 2.45) is 5.92 Å². The van der Waals surface area contributed by atoms with Crippen molar-refractivity contribution < 1.29 is 19.4 Å². The van der Waals surface area contributed by atoms with Crippen molar-refractivity contribution in [1.82, 2.24) is 9.80 Å². The van der Waals surface area contributed by atoms with Crippen LogP contribution in [0.15, 0.2) is 0 Å². The van der Waals surface area contributed by atoms with Crippen molar-refractivity contribution in [2.75, 3.05) is 44.9 Å². The summed E-state index contributed by atoms with van der Waals surface area (Å²) in [5.74, 6) is 0.756. The van der Waals surface area contributed by atoms with Crippen LogP contribution in [-0.4, -0.2) is 77.8 Å². The minimum atomic E-state index is -0.909. The summed E-state index contributed by atoms with van der Waals surface area (Å²) in [4.78, 5) is 26.9. The number of carboxylic acid groups (broad SMARTS) is 1. The average Bonchev–Trinajstić information content (AvgIpc) is 2.87. The molecule has 2 heterocycles. The number of urea groups is 1. The van der Waals surface area contributed by atoms with Gasteiger partial charge in [-0.15, -0.1) is 0 Å². The Morgan fingerprint density at radius 3 is 2.89 bits per heavy atom. The lowest BCUT2D eigenvalue weighted by Crippen LogP contribution is -2.54. The van der Waals surface area contributed by atoms with Gasteiger partial charge in [-0.25, -0.2) is 9.59 Å². The molecule has 0 aliphatic carbocycles. The highest BCUT2D eigenvalue weighted by Gasteiger charge is 2.37. The van der Waals surface area contributed by atoms with Gasteiger partial charge in [0.05, 0.1) is 6.61 Å². The molecule has 2 amide bonds. The van der Waals surface area contributed by atoms with E-state index in [9.17, 15) is 14.7 Å². The fourth-order valence-electron chi connectivity index (χ4n) is 2.60. The van der Waals surface area contributed by atoms with Gasteiger partial charge in [-0.1, -0.05) is 0 Å². The van der Waals surface area contributed by atoms with Crippen molar-refractivity contribution in [2.45, 2.75) is 12.5 Å². The van der Waals surface area contributed by atoms with E-state index in [0.29, 0.717) is 37.9 Å². The Kier molecular flexibility index (Phi) is 4.93. The summed E-state index contributed by atoms with van der Waals surface area (Å²) < 4.78 is 5.11. The zero-order valence-electron chi connectivity index (χ0n) is 11.1. The van der Waals surface area contributed by atoms with E-state index < -0.39 is 12.0 Å². The van der Waals surface area contributed by atoms with Crippen LogP contribution in [0, 0.1) is 5.92 Å². The Morgan fingerprint density at radius 2 is 2.21 bits per heavy atom. The SMILES string of the molecule is COCC1CCN(C(=O)N2CCSCC2C(=O)O)C1. The number of carbonyl (C=O) groups is 2. The molecule has 7 heteroatoms. The van der Waals surface area contributed by atoms with E-state index in [4.69, 9.17) is 4.74 Å². The monoisotopic (exact) mass is 288 g/mol. The van der Waals surface area contributed by atoms with Gasteiger partial charge in [-0.2, -0.15) is 11.8 Å². The molecule has 2 fully saturated rings. The van der Waals surface area contributed by atoms with Gasteiger partial charge in [0, 0.05) is 44.2 Å². The number of carboxylic acids is 1. The molecule has 0 aromatic heterocycles. The van der Waals surface area contributed by atoms with E-state index in [-0.39, 0.29) is 6.03 Å². The predicted octanol–water partition coefficient (Wildman–Crippen LogP) is 0.577. The van der Waals surface area contributed by atoms with Crippen LogP contribution in [0.5, 0.6) is 0 Å². The van der Waals surface area contributed by atoms with Crippen molar-refractivity contribution in [3.05, 3.63) is 0 Å². The van der Waals surface area contributed by atoms with Crippen LogP contribution in [0.3, 0.4) is 0 Å². The number of rotatable bonds is 3. The minimum Gasteiger partial charge on any atom is -0.480 e. The number of likely N-dealkylation sites (tertiary alicyclic amines) is 1. The summed E-state index contributed by atoms with van der Waals surface area (Å²) in [5.41, 5.74) is 0. The molecular formula is C12H20N2O4S. The molecule has 0 spiro atoms. The van der Waals surface area contributed by atoms with Crippen LogP contribution < -0.4 is 0 Å². The molecule has 19 heavy (non-hydrogen) atoms. The van der Waals surface area contributed by atoms with E-state index in [1.165, 1.54) is 4.90 Å². The Bertz CT molecular complexity index is 353. The van der Waals surface area contributed by atoms with E-state index in [2.05, 4.69) is 0 Å². The molecule has 1 N–H and O–H groups in total. The molecule has 6 nitrogen and oxygen atoms in total. The first-order chi connectivity index (χ1) is 9.13. The first-order valence-electron chi connectivity index (χ1n) is 6.48. The number of hydrogen-bond donors (Lipinski definition) is 1. The fourth-order valence-corrected chi connectivity index (χ4v) is 3.64. The second-order valence-corrected chi connectivity index (χ2v) is 6.11. The molecule has 0 saturated carbocycles. The predicted molar refractivity (Wildman–Crippen MR) is 72.4 cm³/mol. The molecule has 0 radical (unpaired) electrons. The number of ether oxygens (including phenoxy) is 1. The van der Waals surface area contributed by atoms with Crippen LogP contribution in [0.1, 0.15) is 6.42 Å². The summed E-state index contributed by atoms with van der Waals surface area (Å²) in [6, 6.07) is -0.820. The maximum absolute atomic E-state index is 12.4. The third-order valence-electron chi connectivity index (χ3n) is 3.62. The summed E-state index contributed by atoms with van der Waals surface area (Å²) in [6.07, 6.45) is 0.930. The van der Waals surface area contributed by atoms with Gasteiger partial charge in [0.25, 0.3) is 0 Å². The summed E-state index contributed by atoms with van der Waals surface area (Å²) in [7, 11) is 1.66. The third-order valence-corrected chi connectivity index (χ3v) is 4.64. The lowest BCUT2D eigenvalue weighted by atomic mass is 10.1. The van der Waals surface area contributed by atoms with E-state index in [0.717, 1.165) is 12.2 Å². The quantitative estimate of drug-likeness (QED) is 0.822. The number of carbonyl (C=O) groups excluding carboxylic acids is 1. The van der Waals surface area contributed by atoms with Gasteiger partial charge < -0.3 is 19.6 Å². The first-order valence-corrected chi connectivity index (χ1v) is 7.64. The first kappa shape index (κ1) is 14.5. The van der Waals surface area contributed by atoms with E-state index >= 15 is 0 Å². The smallest absolute Gasteiger partial charge is 0.327 e. The average molecular weight is 288 g/mol. The van der Waals surface area contributed by atoms with Gasteiger partial charge >= 0.3 is 12.0 Å². The van der Waals surface area contributed by atoms with Gasteiger partial charge in [0.2, 0.25) is 0 Å². The highest BCUT2D eigenvalue weighted by Crippen LogP contribution is 2.22. The van der Waals surface area contributed by atoms with Crippen molar-refractivity contribution in [3.8, 4) is 0 Å². The Labute approximate surface area is 117 Å². The van der Waals surface area contributed by atoms with Crippen LogP contribution in [0.2, 0.25) is 0 Å². The highest BCUT2D eigenvalue weighted by atomic mass is 32.2. The van der Waals surface area contributed by atoms with Gasteiger partial charge in [0.1, 0.15) is 6.04 Å². The molecule has 0 aromatic carbocycles. The van der Waals surface area contributed by atoms with Crippen molar-refractivity contribution in [3.63, 3.8) is 0 Å². The van der Waals surface area contributed by atoms with Gasteiger partial charge in [0.15, 0.2) is 0 Å². The Hall–Kier alpha value is -0.950. The molecule has 0 bridgehead atoms. The Balaban J connectivity index is 1.96. The third kappa shape index (κ3) is 3.33. The molecule has 2 unspecified atom stereocenters. The number of aliphatic carboxylic acids is 1. The Morgan fingerprint density at radius 1 is 1.42 bits per heavy atom. The molecule has 2 rings (SSSR count). The molecule has 2 aliphatic heterocycles. The van der Waals surface area contributed by atoms with Crippen LogP contribution >= 0.6 is 11.8 Å². The lowest BCUT2D eigenvalue weighted by Gasteiger charge is -2.35. The molecule has 2 saturated heterocycles. The second kappa shape index (κ2) is 6.47. The molecule has 0 aromatic rings. The van der Waals surface area contributed by atoms with Gasteiger partial charge in [-0.05, 0) is 6.42 Å². The topological polar surface area (TPSA) is 70.1 Å². The second-order valence-electron chi connectivity index (χ2n) is 4.96. The van der Waals surface area contributed by atoms with Crippen molar-refractivity contribution in [1.29, 1.82) is 0 Å². The number of amides is 2. The van der Waals surface area contributed by atoms with Crippen LogP contribution in [-0.2, 0) is 9.53 Å². The number of thioether (sulfide) groups is 1. The molecule has 2 aliphatic rings. The standard InChI is InChI=1S/C12H20N2O4S/c1-18-7-9-2-3-13(6-9)12(17)14-4-5-19-8-10(14)11(15)16/h9-10H,2-8H2,1H3,(H,15,16). The zero-order valence-corrected chi connectivity index (χ0v) is 11.9. The molecular weight excluding hydrogens is 268 g/mol. The number of hydrogen-bond acceptors (Lipinski definition) is 4.